The van der Waals surface area contributed by atoms with Gasteiger partial charge in [0.15, 0.2) is 0 Å². The monoisotopic (exact) mass is 436 g/mol. The van der Waals surface area contributed by atoms with Crippen molar-refractivity contribution in [1.82, 2.24) is 4.98 Å². The van der Waals surface area contributed by atoms with Crippen LogP contribution in [-0.2, 0) is 28.0 Å². The van der Waals surface area contributed by atoms with Crippen LogP contribution in [0.4, 0.5) is 10.1 Å². The predicted molar refractivity (Wildman–Crippen MR) is 107 cm³/mol. The third kappa shape index (κ3) is 6.54. The number of ether oxygens (including phenoxy) is 2. The van der Waals surface area contributed by atoms with Gasteiger partial charge in [0.2, 0.25) is 10.0 Å². The number of anilines is 1. The molecule has 3 rings (SSSR count). The number of carbonyl (C=O) groups excluding carboxylic acids is 1. The van der Waals surface area contributed by atoms with Gasteiger partial charge in [-0.05, 0) is 42.5 Å². The minimum absolute atomic E-state index is 0.0321. The van der Waals surface area contributed by atoms with Gasteiger partial charge in [0.05, 0.1) is 17.5 Å². The molecule has 1 N–H and O–H groups in total. The Morgan fingerprint density at radius 3 is 2.66 bits per heavy atom. The molecule has 0 radical (unpaired) electrons. The molecule has 0 fully saturated rings. The third-order valence-electron chi connectivity index (χ3n) is 3.53. The lowest BCUT2D eigenvalue weighted by Crippen LogP contribution is -2.11. The van der Waals surface area contributed by atoms with Crippen molar-refractivity contribution in [3.63, 3.8) is 0 Å². The second kappa shape index (κ2) is 9.01. The first-order valence-electron chi connectivity index (χ1n) is 8.35. The minimum Gasteiger partial charge on any atom is -0.486 e. The maximum Gasteiger partial charge on any atom is 0.338 e. The van der Waals surface area contributed by atoms with Gasteiger partial charge >= 0.3 is 5.97 Å². The Labute approximate surface area is 171 Å². The summed E-state index contributed by atoms with van der Waals surface area (Å²) in [6, 6.07) is 11.7. The predicted octanol–water partition coefficient (Wildman–Crippen LogP) is 3.59. The zero-order valence-electron chi connectivity index (χ0n) is 15.3. The van der Waals surface area contributed by atoms with Gasteiger partial charge in [-0.3, -0.25) is 4.72 Å². The molecule has 0 saturated heterocycles. The summed E-state index contributed by atoms with van der Waals surface area (Å²) in [5, 5.41) is 2.43. The number of esters is 1. The molecule has 7 nitrogen and oxygen atoms in total. The molecule has 0 aliphatic carbocycles. The molecule has 1 heterocycles. The van der Waals surface area contributed by atoms with E-state index >= 15 is 0 Å². The van der Waals surface area contributed by atoms with E-state index < -0.39 is 16.0 Å². The highest BCUT2D eigenvalue weighted by molar-refractivity contribution is 7.92. The van der Waals surface area contributed by atoms with Crippen LogP contribution in [0.1, 0.15) is 21.1 Å². The summed E-state index contributed by atoms with van der Waals surface area (Å²) in [6.45, 7) is 0.180. The number of benzene rings is 2. The Morgan fingerprint density at radius 2 is 1.93 bits per heavy atom. The number of thiazole rings is 1. The lowest BCUT2D eigenvalue weighted by molar-refractivity contribution is 0.0468. The summed E-state index contributed by atoms with van der Waals surface area (Å²) >= 11 is 1.35. The topological polar surface area (TPSA) is 94.6 Å². The number of hydrogen-bond acceptors (Lipinski definition) is 7. The molecule has 0 amide bonds. The lowest BCUT2D eigenvalue weighted by atomic mass is 10.2. The first kappa shape index (κ1) is 20.7. The van der Waals surface area contributed by atoms with Crippen molar-refractivity contribution in [2.24, 2.45) is 0 Å². The van der Waals surface area contributed by atoms with Gasteiger partial charge in [0.25, 0.3) is 0 Å². The van der Waals surface area contributed by atoms with E-state index in [0.717, 1.165) is 6.26 Å². The summed E-state index contributed by atoms with van der Waals surface area (Å²) in [7, 11) is -3.44. The van der Waals surface area contributed by atoms with Crippen molar-refractivity contribution in [2.75, 3.05) is 11.0 Å². The summed E-state index contributed by atoms with van der Waals surface area (Å²) in [5.74, 6) is -0.412. The van der Waals surface area contributed by atoms with Gasteiger partial charge in [-0.2, -0.15) is 0 Å². The van der Waals surface area contributed by atoms with Crippen LogP contribution in [0.15, 0.2) is 53.9 Å². The molecule has 0 saturated carbocycles. The quantitative estimate of drug-likeness (QED) is 0.543. The first-order valence-corrected chi connectivity index (χ1v) is 11.1. The number of carbonyl (C=O) groups is 1. The molecular formula is C19H17FN2O5S2. The largest absolute Gasteiger partial charge is 0.486 e. The van der Waals surface area contributed by atoms with Crippen molar-refractivity contribution in [3.8, 4) is 5.75 Å². The SMILES string of the molecule is CS(=O)(=O)Nc1cccc(C(=O)OCc2csc(COc3ccc(F)cc3)n2)c1. The number of aromatic nitrogens is 1. The van der Waals surface area contributed by atoms with Crippen molar-refractivity contribution >= 4 is 33.0 Å². The van der Waals surface area contributed by atoms with Crippen molar-refractivity contribution in [2.45, 2.75) is 13.2 Å². The number of sulfonamides is 1. The number of rotatable bonds is 8. The molecule has 10 heteroatoms. The number of nitrogens with one attached hydrogen (secondary N) is 1. The van der Waals surface area contributed by atoms with Crippen LogP contribution in [-0.4, -0.2) is 25.6 Å². The van der Waals surface area contributed by atoms with E-state index in [-0.39, 0.29) is 30.3 Å². The van der Waals surface area contributed by atoms with Gasteiger partial charge < -0.3 is 9.47 Å². The Kier molecular flexibility index (Phi) is 6.45. The smallest absolute Gasteiger partial charge is 0.338 e. The van der Waals surface area contributed by atoms with Crippen LogP contribution in [0, 0.1) is 5.82 Å². The van der Waals surface area contributed by atoms with Crippen LogP contribution in [0.25, 0.3) is 0 Å². The average molecular weight is 436 g/mol. The normalized spacial score (nSPS) is 11.1. The first-order chi connectivity index (χ1) is 13.8. The fraction of sp³-hybridized carbons (Fsp3) is 0.158. The van der Waals surface area contributed by atoms with Gasteiger partial charge in [0, 0.05) is 11.1 Å². The van der Waals surface area contributed by atoms with Crippen molar-refractivity contribution in [1.29, 1.82) is 0 Å². The summed E-state index contributed by atoms with van der Waals surface area (Å²) in [6.07, 6.45) is 1.03. The highest BCUT2D eigenvalue weighted by Gasteiger charge is 2.11. The Bertz CT molecular complexity index is 1100. The molecule has 0 spiro atoms. The average Bonchev–Trinajstić information content (AvgIpc) is 3.12. The fourth-order valence-corrected chi connectivity index (χ4v) is 3.55. The maximum absolute atomic E-state index is 12.9. The lowest BCUT2D eigenvalue weighted by Gasteiger charge is -2.07. The maximum atomic E-state index is 12.9. The second-order valence-electron chi connectivity index (χ2n) is 6.01. The van der Waals surface area contributed by atoms with Crippen LogP contribution >= 0.6 is 11.3 Å². The highest BCUT2D eigenvalue weighted by Crippen LogP contribution is 2.17. The molecule has 0 bridgehead atoms. The van der Waals surface area contributed by atoms with Gasteiger partial charge in [-0.15, -0.1) is 11.3 Å². The van der Waals surface area contributed by atoms with E-state index in [4.69, 9.17) is 9.47 Å². The molecule has 3 aromatic rings. The molecule has 0 atom stereocenters. The van der Waals surface area contributed by atoms with Crippen LogP contribution < -0.4 is 9.46 Å². The van der Waals surface area contributed by atoms with Crippen LogP contribution in [0.2, 0.25) is 0 Å². The summed E-state index contributed by atoms with van der Waals surface area (Å²) in [5.41, 5.74) is 1.05. The van der Waals surface area contributed by atoms with Crippen LogP contribution in [0.5, 0.6) is 5.75 Å². The van der Waals surface area contributed by atoms with E-state index in [9.17, 15) is 17.6 Å². The Balaban J connectivity index is 1.53. The molecule has 0 aliphatic heterocycles. The minimum atomic E-state index is -3.44. The molecule has 29 heavy (non-hydrogen) atoms. The third-order valence-corrected chi connectivity index (χ3v) is 5.01. The molecule has 152 valence electrons. The van der Waals surface area contributed by atoms with Crippen LogP contribution in [0.3, 0.4) is 0 Å². The molecular weight excluding hydrogens is 419 g/mol. The molecule has 0 unspecified atom stereocenters. The van der Waals surface area contributed by atoms with E-state index in [1.54, 1.807) is 11.4 Å². The van der Waals surface area contributed by atoms with E-state index in [2.05, 4.69) is 9.71 Å². The summed E-state index contributed by atoms with van der Waals surface area (Å²) in [4.78, 5) is 16.5. The molecule has 2 aromatic carbocycles. The molecule has 0 aliphatic rings. The highest BCUT2D eigenvalue weighted by atomic mass is 32.2. The van der Waals surface area contributed by atoms with Gasteiger partial charge in [-0.25, -0.2) is 22.6 Å². The Hall–Kier alpha value is -2.98. The van der Waals surface area contributed by atoms with Gasteiger partial charge in [-0.1, -0.05) is 6.07 Å². The number of nitrogens with zero attached hydrogens (tertiary/aromatic N) is 1. The zero-order chi connectivity index (χ0) is 20.9. The van der Waals surface area contributed by atoms with Gasteiger partial charge in [0.1, 0.15) is 29.8 Å². The number of hydrogen-bond donors (Lipinski definition) is 1. The standard InChI is InChI=1S/C19H17FN2O5S2/c1-29(24,25)22-15-4-2-3-13(9-15)19(23)27-10-16-12-28-18(21-16)11-26-17-7-5-14(20)6-8-17/h2-9,12,22H,10-11H2,1H3. The van der Waals surface area contributed by atoms with E-state index in [0.29, 0.717) is 16.5 Å². The molecule has 1 aromatic heterocycles. The Morgan fingerprint density at radius 1 is 1.17 bits per heavy atom. The fourth-order valence-electron chi connectivity index (χ4n) is 2.30. The van der Waals surface area contributed by atoms with E-state index in [1.807, 2.05) is 0 Å². The number of halogens is 1. The summed E-state index contributed by atoms with van der Waals surface area (Å²) < 4.78 is 48.5. The van der Waals surface area contributed by atoms with Crippen molar-refractivity contribution in [3.05, 3.63) is 76.0 Å². The van der Waals surface area contributed by atoms with E-state index in [1.165, 1.54) is 53.8 Å². The second-order valence-corrected chi connectivity index (χ2v) is 8.70. The van der Waals surface area contributed by atoms with Crippen molar-refractivity contribution < 1.29 is 27.1 Å². The zero-order valence-corrected chi connectivity index (χ0v) is 16.9.